The first-order valence-electron chi connectivity index (χ1n) is 5.66. The molecule has 0 aliphatic heterocycles. The van der Waals surface area contributed by atoms with Crippen LogP contribution < -0.4 is 5.73 Å². The number of fused-ring (bicyclic) bond motifs is 1. The minimum Gasteiger partial charge on any atom is -0.369 e. The molecule has 2 N–H and O–H groups in total. The van der Waals surface area contributed by atoms with E-state index >= 15 is 0 Å². The minimum absolute atomic E-state index is 0.448. The lowest BCUT2D eigenvalue weighted by molar-refractivity contribution is 1.10. The van der Waals surface area contributed by atoms with E-state index in [9.17, 15) is 0 Å². The lowest BCUT2D eigenvalue weighted by Crippen LogP contribution is -2.00. The fourth-order valence-corrected chi connectivity index (χ4v) is 2.33. The molecule has 0 bridgehead atoms. The van der Waals surface area contributed by atoms with Gasteiger partial charge < -0.3 is 5.73 Å². The number of hydrogen-bond donors (Lipinski definition) is 1. The number of rotatable bonds is 1. The molecule has 3 nitrogen and oxygen atoms in total. The molecule has 0 radical (unpaired) electrons. The van der Waals surface area contributed by atoms with Crippen molar-refractivity contribution in [1.29, 1.82) is 0 Å². The summed E-state index contributed by atoms with van der Waals surface area (Å²) in [4.78, 5) is 4.33. The molecule has 0 saturated heterocycles. The highest BCUT2D eigenvalue weighted by Crippen LogP contribution is 2.28. The number of nitrogens with zero attached hydrogens (tertiary/aromatic N) is 2. The van der Waals surface area contributed by atoms with Crippen LogP contribution in [0, 0.1) is 6.92 Å². The molecular formula is C14H12ClN3. The van der Waals surface area contributed by atoms with E-state index in [2.05, 4.69) is 11.1 Å². The monoisotopic (exact) mass is 257 g/mol. The number of anilines is 1. The summed E-state index contributed by atoms with van der Waals surface area (Å²) >= 11 is 6.13. The van der Waals surface area contributed by atoms with Crippen LogP contribution in [0.5, 0.6) is 0 Å². The van der Waals surface area contributed by atoms with Gasteiger partial charge in [0.2, 0.25) is 5.95 Å². The molecule has 3 rings (SSSR count). The first-order chi connectivity index (χ1) is 8.66. The van der Waals surface area contributed by atoms with Crippen molar-refractivity contribution in [3.63, 3.8) is 0 Å². The number of nitrogen functional groups attached to an aromatic ring is 1. The van der Waals surface area contributed by atoms with Crippen molar-refractivity contribution in [2.45, 2.75) is 6.92 Å². The summed E-state index contributed by atoms with van der Waals surface area (Å²) < 4.78 is 1.91. The van der Waals surface area contributed by atoms with Crippen LogP contribution in [-0.4, -0.2) is 9.55 Å². The van der Waals surface area contributed by atoms with Gasteiger partial charge in [-0.2, -0.15) is 0 Å². The van der Waals surface area contributed by atoms with Gasteiger partial charge in [0.15, 0.2) is 0 Å². The summed E-state index contributed by atoms with van der Waals surface area (Å²) in [5.74, 6) is 0.448. The highest BCUT2D eigenvalue weighted by atomic mass is 35.5. The molecule has 0 amide bonds. The van der Waals surface area contributed by atoms with Crippen molar-refractivity contribution >= 4 is 28.6 Å². The molecule has 18 heavy (non-hydrogen) atoms. The van der Waals surface area contributed by atoms with E-state index in [0.29, 0.717) is 11.0 Å². The summed E-state index contributed by atoms with van der Waals surface area (Å²) in [6, 6.07) is 13.8. The van der Waals surface area contributed by atoms with Gasteiger partial charge in [0, 0.05) is 5.69 Å². The number of imidazole rings is 1. The SMILES string of the molecule is Cc1cccc(-n2c(N)nc3c(Cl)cccc32)c1. The quantitative estimate of drug-likeness (QED) is 0.724. The fourth-order valence-electron chi connectivity index (χ4n) is 2.12. The second-order valence-electron chi connectivity index (χ2n) is 4.25. The van der Waals surface area contributed by atoms with Gasteiger partial charge in [0.1, 0.15) is 5.52 Å². The summed E-state index contributed by atoms with van der Waals surface area (Å²) in [6.45, 7) is 2.05. The van der Waals surface area contributed by atoms with Crippen LogP contribution in [0.1, 0.15) is 5.56 Å². The summed E-state index contributed by atoms with van der Waals surface area (Å²) in [5, 5.41) is 0.616. The molecule has 1 aromatic heterocycles. The van der Waals surface area contributed by atoms with Crippen molar-refractivity contribution in [3.05, 3.63) is 53.1 Å². The van der Waals surface area contributed by atoms with Gasteiger partial charge in [-0.3, -0.25) is 4.57 Å². The average molecular weight is 258 g/mol. The predicted molar refractivity (Wildman–Crippen MR) is 75.2 cm³/mol. The molecule has 90 valence electrons. The van der Waals surface area contributed by atoms with E-state index in [0.717, 1.165) is 16.7 Å². The number of halogens is 1. The Morgan fingerprint density at radius 1 is 1.17 bits per heavy atom. The third-order valence-corrected chi connectivity index (χ3v) is 3.23. The third-order valence-electron chi connectivity index (χ3n) is 2.92. The first-order valence-corrected chi connectivity index (χ1v) is 6.04. The molecule has 4 heteroatoms. The van der Waals surface area contributed by atoms with Crippen LogP contribution in [-0.2, 0) is 0 Å². The number of nitrogens with two attached hydrogens (primary N) is 1. The predicted octanol–water partition coefficient (Wildman–Crippen LogP) is 3.57. The van der Waals surface area contributed by atoms with E-state index in [1.54, 1.807) is 0 Å². The van der Waals surface area contributed by atoms with Crippen LogP contribution in [0.2, 0.25) is 5.02 Å². The first kappa shape index (κ1) is 11.1. The normalized spacial score (nSPS) is 11.0. The fraction of sp³-hybridized carbons (Fsp3) is 0.0714. The zero-order chi connectivity index (χ0) is 12.7. The Morgan fingerprint density at radius 3 is 2.72 bits per heavy atom. The number of aryl methyl sites for hydroxylation is 1. The van der Waals surface area contributed by atoms with Crippen molar-refractivity contribution in [3.8, 4) is 5.69 Å². The van der Waals surface area contributed by atoms with Crippen LogP contribution in [0.15, 0.2) is 42.5 Å². The smallest absolute Gasteiger partial charge is 0.205 e. The highest BCUT2D eigenvalue weighted by Gasteiger charge is 2.11. The van der Waals surface area contributed by atoms with Gasteiger partial charge in [0.05, 0.1) is 10.5 Å². The van der Waals surface area contributed by atoms with Crippen molar-refractivity contribution < 1.29 is 0 Å². The lowest BCUT2D eigenvalue weighted by atomic mass is 10.2. The largest absolute Gasteiger partial charge is 0.369 e. The molecule has 0 atom stereocenters. The standard InChI is InChI=1S/C14H12ClN3/c1-9-4-2-5-10(8-9)18-12-7-3-6-11(15)13(12)17-14(18)16/h2-8H,1H3,(H2,16,17). The van der Waals surface area contributed by atoms with Crippen molar-refractivity contribution in [2.24, 2.45) is 0 Å². The minimum atomic E-state index is 0.448. The molecule has 0 unspecified atom stereocenters. The second-order valence-corrected chi connectivity index (χ2v) is 4.66. The van der Waals surface area contributed by atoms with E-state index in [1.165, 1.54) is 5.56 Å². The van der Waals surface area contributed by atoms with Gasteiger partial charge >= 0.3 is 0 Å². The topological polar surface area (TPSA) is 43.8 Å². The molecular weight excluding hydrogens is 246 g/mol. The molecule has 3 aromatic rings. The molecule has 2 aromatic carbocycles. The second kappa shape index (κ2) is 4.03. The Hall–Kier alpha value is -2.00. The summed E-state index contributed by atoms with van der Waals surface area (Å²) in [7, 11) is 0. The van der Waals surface area contributed by atoms with Gasteiger partial charge in [-0.25, -0.2) is 4.98 Å². The van der Waals surface area contributed by atoms with E-state index < -0.39 is 0 Å². The zero-order valence-electron chi connectivity index (χ0n) is 9.89. The Bertz CT molecular complexity index is 731. The van der Waals surface area contributed by atoms with Crippen LogP contribution >= 0.6 is 11.6 Å². The van der Waals surface area contributed by atoms with Gasteiger partial charge in [-0.15, -0.1) is 0 Å². The van der Waals surface area contributed by atoms with Crippen LogP contribution in [0.3, 0.4) is 0 Å². The van der Waals surface area contributed by atoms with Gasteiger partial charge in [-0.1, -0.05) is 29.8 Å². The number of para-hydroxylation sites is 1. The average Bonchev–Trinajstić information content (AvgIpc) is 2.67. The molecule has 0 saturated carbocycles. The molecule has 0 aliphatic carbocycles. The van der Waals surface area contributed by atoms with Crippen LogP contribution in [0.4, 0.5) is 5.95 Å². The summed E-state index contributed by atoms with van der Waals surface area (Å²) in [5.41, 5.74) is 9.83. The Kier molecular flexibility index (Phi) is 2.49. The Balaban J connectivity index is 2.36. The lowest BCUT2D eigenvalue weighted by Gasteiger charge is -2.07. The maximum Gasteiger partial charge on any atom is 0.205 e. The molecule has 0 spiro atoms. The Labute approximate surface area is 110 Å². The number of benzene rings is 2. The van der Waals surface area contributed by atoms with E-state index in [1.807, 2.05) is 47.9 Å². The highest BCUT2D eigenvalue weighted by molar-refractivity contribution is 6.35. The Morgan fingerprint density at radius 2 is 1.94 bits per heavy atom. The third kappa shape index (κ3) is 1.64. The maximum absolute atomic E-state index is 6.13. The molecule has 0 aliphatic rings. The van der Waals surface area contributed by atoms with Gasteiger partial charge in [0.25, 0.3) is 0 Å². The molecule has 1 heterocycles. The number of hydrogen-bond acceptors (Lipinski definition) is 2. The van der Waals surface area contributed by atoms with E-state index in [4.69, 9.17) is 17.3 Å². The van der Waals surface area contributed by atoms with Gasteiger partial charge in [-0.05, 0) is 36.8 Å². The maximum atomic E-state index is 6.13. The molecule has 0 fully saturated rings. The number of aromatic nitrogens is 2. The summed E-state index contributed by atoms with van der Waals surface area (Å²) in [6.07, 6.45) is 0. The zero-order valence-corrected chi connectivity index (χ0v) is 10.6. The van der Waals surface area contributed by atoms with Crippen molar-refractivity contribution in [2.75, 3.05) is 5.73 Å². The van der Waals surface area contributed by atoms with E-state index in [-0.39, 0.29) is 0 Å². The van der Waals surface area contributed by atoms with Crippen LogP contribution in [0.25, 0.3) is 16.7 Å². The van der Waals surface area contributed by atoms with Crippen molar-refractivity contribution in [1.82, 2.24) is 9.55 Å².